The molecule has 0 fully saturated rings. The molecule has 1 unspecified atom stereocenters. The average Bonchev–Trinajstić information content (AvgIpc) is 3.42. The second kappa shape index (κ2) is 8.11. The van der Waals surface area contributed by atoms with Gasteiger partial charge in [-0.2, -0.15) is 9.78 Å². The van der Waals surface area contributed by atoms with Crippen LogP contribution < -0.4 is 4.74 Å². The fraction of sp³-hybridized carbons (Fsp3) is 0.200. The summed E-state index contributed by atoms with van der Waals surface area (Å²) < 4.78 is 6.35. The van der Waals surface area contributed by atoms with Crippen LogP contribution in [-0.4, -0.2) is 43.4 Å². The molecule has 2 aromatic carbocycles. The van der Waals surface area contributed by atoms with Gasteiger partial charge in [0.05, 0.1) is 18.9 Å². The molecule has 0 aliphatic carbocycles. The first-order valence-electron chi connectivity index (χ1n) is 9.18. The molecule has 4 rings (SSSR count). The molecular weight excluding hydrogens is 388 g/mol. The Labute approximate surface area is 171 Å². The molecule has 10 heteroatoms. The highest BCUT2D eigenvalue weighted by Gasteiger charge is 2.33. The van der Waals surface area contributed by atoms with Gasteiger partial charge in [0.2, 0.25) is 6.33 Å². The lowest BCUT2D eigenvalue weighted by atomic mass is 9.98. The second-order valence-corrected chi connectivity index (χ2v) is 6.64. The van der Waals surface area contributed by atoms with E-state index in [0.29, 0.717) is 12.2 Å². The van der Waals surface area contributed by atoms with Crippen molar-refractivity contribution in [1.29, 1.82) is 0 Å². The van der Waals surface area contributed by atoms with Gasteiger partial charge in [0, 0.05) is 11.5 Å². The van der Waals surface area contributed by atoms with Crippen molar-refractivity contribution < 1.29 is 14.5 Å². The van der Waals surface area contributed by atoms with Crippen LogP contribution in [0.4, 0.5) is 5.95 Å². The molecule has 1 aromatic heterocycles. The molecule has 1 amide bonds. The highest BCUT2D eigenvalue weighted by Crippen LogP contribution is 2.33. The summed E-state index contributed by atoms with van der Waals surface area (Å²) in [6.45, 7) is -0.209. The van der Waals surface area contributed by atoms with Gasteiger partial charge in [0.25, 0.3) is 5.91 Å². The number of hydrazone groups is 1. The van der Waals surface area contributed by atoms with Crippen LogP contribution in [0.5, 0.6) is 5.75 Å². The van der Waals surface area contributed by atoms with Gasteiger partial charge in [0.1, 0.15) is 12.3 Å². The number of hydrogen-bond donors (Lipinski definition) is 0. The SMILES string of the molecule is COc1ccc(C2CC(c3ccccc3)=NN2C(=O)Cn2cnc([N+](=O)[O-])n2)cc1. The van der Waals surface area contributed by atoms with E-state index >= 15 is 0 Å². The lowest BCUT2D eigenvalue weighted by Crippen LogP contribution is -2.30. The summed E-state index contributed by atoms with van der Waals surface area (Å²) in [6, 6.07) is 16.8. The van der Waals surface area contributed by atoms with E-state index in [9.17, 15) is 14.9 Å². The number of carbonyl (C=O) groups is 1. The van der Waals surface area contributed by atoms with E-state index in [1.807, 2.05) is 54.6 Å². The third-order valence-electron chi connectivity index (χ3n) is 4.76. The minimum atomic E-state index is -0.706. The van der Waals surface area contributed by atoms with Crippen LogP contribution in [0, 0.1) is 10.1 Å². The predicted octanol–water partition coefficient (Wildman–Crippen LogP) is 2.57. The summed E-state index contributed by atoms with van der Waals surface area (Å²) in [5, 5.41) is 20.5. The first-order valence-corrected chi connectivity index (χ1v) is 9.18. The second-order valence-electron chi connectivity index (χ2n) is 6.64. The molecule has 0 saturated heterocycles. The van der Waals surface area contributed by atoms with E-state index in [2.05, 4.69) is 15.2 Å². The fourth-order valence-electron chi connectivity index (χ4n) is 3.29. The van der Waals surface area contributed by atoms with Crippen LogP contribution in [0.25, 0.3) is 0 Å². The van der Waals surface area contributed by atoms with Gasteiger partial charge in [-0.15, -0.1) is 0 Å². The number of aromatic nitrogens is 3. The highest BCUT2D eigenvalue weighted by molar-refractivity contribution is 6.03. The van der Waals surface area contributed by atoms with Crippen molar-refractivity contribution in [2.75, 3.05) is 7.11 Å². The maximum atomic E-state index is 13.0. The molecule has 0 N–H and O–H groups in total. The van der Waals surface area contributed by atoms with Crippen molar-refractivity contribution in [3.05, 3.63) is 82.2 Å². The number of nitrogens with zero attached hydrogens (tertiary/aromatic N) is 6. The smallest absolute Gasteiger partial charge is 0.490 e. The van der Waals surface area contributed by atoms with Gasteiger partial charge < -0.3 is 14.9 Å². The molecular formula is C20H18N6O4. The summed E-state index contributed by atoms with van der Waals surface area (Å²) in [5.74, 6) is -0.181. The van der Waals surface area contributed by atoms with Crippen molar-refractivity contribution in [3.8, 4) is 5.75 Å². The molecule has 0 bridgehead atoms. The standard InChI is InChI=1S/C20H18N6O4/c1-30-16-9-7-15(8-10-16)18-11-17(14-5-3-2-4-6-14)22-25(18)19(27)12-24-13-21-20(23-24)26(28)29/h2-10,13,18H,11-12H2,1H3. The maximum absolute atomic E-state index is 13.0. The van der Waals surface area contributed by atoms with Gasteiger partial charge in [-0.25, -0.2) is 5.01 Å². The van der Waals surface area contributed by atoms with Gasteiger partial charge in [-0.3, -0.25) is 4.79 Å². The van der Waals surface area contributed by atoms with Gasteiger partial charge in [-0.1, -0.05) is 47.4 Å². The summed E-state index contributed by atoms with van der Waals surface area (Å²) in [7, 11) is 1.59. The molecule has 0 saturated carbocycles. The van der Waals surface area contributed by atoms with Crippen molar-refractivity contribution in [2.45, 2.75) is 19.0 Å². The summed E-state index contributed by atoms with van der Waals surface area (Å²) in [5.41, 5.74) is 2.63. The Morgan fingerprint density at radius 3 is 2.57 bits per heavy atom. The number of nitro groups is 1. The topological polar surface area (TPSA) is 116 Å². The van der Waals surface area contributed by atoms with E-state index in [4.69, 9.17) is 4.74 Å². The molecule has 10 nitrogen and oxygen atoms in total. The Morgan fingerprint density at radius 2 is 1.93 bits per heavy atom. The Hall–Kier alpha value is -4.08. The van der Waals surface area contributed by atoms with E-state index in [0.717, 1.165) is 27.8 Å². The van der Waals surface area contributed by atoms with Crippen LogP contribution in [0.15, 0.2) is 66.0 Å². The van der Waals surface area contributed by atoms with Crippen molar-refractivity contribution in [2.24, 2.45) is 5.10 Å². The molecule has 0 radical (unpaired) electrons. The monoisotopic (exact) mass is 406 g/mol. The molecule has 3 aromatic rings. The Bertz CT molecular complexity index is 1090. The number of benzene rings is 2. The van der Waals surface area contributed by atoms with Crippen LogP contribution in [0.3, 0.4) is 0 Å². The van der Waals surface area contributed by atoms with Gasteiger partial charge in [0.15, 0.2) is 0 Å². The van der Waals surface area contributed by atoms with Gasteiger partial charge >= 0.3 is 5.95 Å². The number of carbonyl (C=O) groups excluding carboxylic acids is 1. The van der Waals surface area contributed by atoms with Crippen molar-refractivity contribution >= 4 is 17.6 Å². The number of rotatable bonds is 6. The van der Waals surface area contributed by atoms with Crippen LogP contribution in [-0.2, 0) is 11.3 Å². The summed E-state index contributed by atoms with van der Waals surface area (Å²) >= 11 is 0. The minimum absolute atomic E-state index is 0.209. The lowest BCUT2D eigenvalue weighted by Gasteiger charge is -2.21. The van der Waals surface area contributed by atoms with E-state index in [-0.39, 0.29) is 18.5 Å². The van der Waals surface area contributed by atoms with Crippen LogP contribution in [0.1, 0.15) is 23.6 Å². The zero-order valence-corrected chi connectivity index (χ0v) is 16.1. The number of hydrogen-bond acceptors (Lipinski definition) is 7. The Kier molecular flexibility index (Phi) is 5.21. The first-order chi connectivity index (χ1) is 14.5. The lowest BCUT2D eigenvalue weighted by molar-refractivity contribution is -0.394. The molecule has 152 valence electrons. The van der Waals surface area contributed by atoms with E-state index in [1.54, 1.807) is 7.11 Å². The largest absolute Gasteiger partial charge is 0.497 e. The highest BCUT2D eigenvalue weighted by atomic mass is 16.6. The third kappa shape index (κ3) is 3.88. The predicted molar refractivity (Wildman–Crippen MR) is 107 cm³/mol. The summed E-state index contributed by atoms with van der Waals surface area (Å²) in [4.78, 5) is 26.7. The molecule has 1 aliphatic rings. The van der Waals surface area contributed by atoms with Crippen molar-refractivity contribution in [1.82, 2.24) is 19.8 Å². The van der Waals surface area contributed by atoms with E-state index < -0.39 is 10.9 Å². The third-order valence-corrected chi connectivity index (χ3v) is 4.76. The zero-order valence-electron chi connectivity index (χ0n) is 16.1. The minimum Gasteiger partial charge on any atom is -0.497 e. The molecule has 1 aliphatic heterocycles. The Morgan fingerprint density at radius 1 is 1.20 bits per heavy atom. The average molecular weight is 406 g/mol. The fourth-order valence-corrected chi connectivity index (χ4v) is 3.29. The number of ether oxygens (including phenoxy) is 1. The number of amides is 1. The number of methoxy groups -OCH3 is 1. The maximum Gasteiger partial charge on any atom is 0.490 e. The van der Waals surface area contributed by atoms with Crippen molar-refractivity contribution in [3.63, 3.8) is 0 Å². The summed E-state index contributed by atoms with van der Waals surface area (Å²) in [6.07, 6.45) is 1.70. The molecule has 0 spiro atoms. The quantitative estimate of drug-likeness (QED) is 0.459. The van der Waals surface area contributed by atoms with Crippen LogP contribution in [0.2, 0.25) is 0 Å². The normalized spacial score (nSPS) is 15.7. The van der Waals surface area contributed by atoms with Gasteiger partial charge in [-0.05, 0) is 28.2 Å². The molecule has 30 heavy (non-hydrogen) atoms. The molecule has 2 heterocycles. The first kappa shape index (κ1) is 19.2. The van der Waals surface area contributed by atoms with Crippen LogP contribution >= 0.6 is 0 Å². The Balaban J connectivity index is 1.62. The zero-order chi connectivity index (χ0) is 21.1. The molecule has 1 atom stereocenters. The van der Waals surface area contributed by atoms with E-state index in [1.165, 1.54) is 5.01 Å².